The normalized spacial score (nSPS) is 10.2. The summed E-state index contributed by atoms with van der Waals surface area (Å²) < 4.78 is 0. The van der Waals surface area contributed by atoms with Gasteiger partial charge >= 0.3 is 0 Å². The number of allylic oxidation sites excluding steroid dienone is 2. The Balaban J connectivity index is 3.00. The van der Waals surface area contributed by atoms with Gasteiger partial charge in [-0.2, -0.15) is 0 Å². The molecule has 0 aromatic carbocycles. The average molecular weight is 154 g/mol. The van der Waals surface area contributed by atoms with E-state index in [-0.39, 0.29) is 0 Å². The van der Waals surface area contributed by atoms with Gasteiger partial charge in [-0.15, -0.1) is 0 Å². The van der Waals surface area contributed by atoms with Gasteiger partial charge in [-0.25, -0.2) is 0 Å². The van der Waals surface area contributed by atoms with Crippen LogP contribution in [0.25, 0.3) is 0 Å². The van der Waals surface area contributed by atoms with E-state index < -0.39 is 0 Å². The Morgan fingerprint density at radius 1 is 0.818 bits per heavy atom. The molecule has 62 valence electrons. The van der Waals surface area contributed by atoms with Gasteiger partial charge in [0.2, 0.25) is 0 Å². The van der Waals surface area contributed by atoms with Crippen molar-refractivity contribution in [2.75, 3.05) is 0 Å². The lowest BCUT2D eigenvalue weighted by molar-refractivity contribution is -0.108. The molecule has 0 unspecified atom stereocenters. The van der Waals surface area contributed by atoms with Crippen LogP contribution in [0, 0.1) is 0 Å². The van der Waals surface area contributed by atoms with Crippen molar-refractivity contribution >= 4 is 12.6 Å². The molecular weight excluding hydrogens is 140 g/mol. The van der Waals surface area contributed by atoms with Crippen molar-refractivity contribution in [3.8, 4) is 0 Å². The Kier molecular flexibility index (Phi) is 8.32. The Morgan fingerprint density at radius 3 is 2.18 bits per heavy atom. The summed E-state index contributed by atoms with van der Waals surface area (Å²) in [6.07, 6.45) is 9.78. The second-order valence-corrected chi connectivity index (χ2v) is 2.32. The second kappa shape index (κ2) is 9.08. The molecule has 0 radical (unpaired) electrons. The molecule has 0 bridgehead atoms. The third-order valence-corrected chi connectivity index (χ3v) is 1.34. The van der Waals surface area contributed by atoms with E-state index in [9.17, 15) is 9.59 Å². The van der Waals surface area contributed by atoms with E-state index in [2.05, 4.69) is 0 Å². The highest BCUT2D eigenvalue weighted by Crippen LogP contribution is 1.98. The van der Waals surface area contributed by atoms with Gasteiger partial charge in [0.15, 0.2) is 0 Å². The summed E-state index contributed by atoms with van der Waals surface area (Å²) in [5, 5.41) is 0. The van der Waals surface area contributed by atoms with Crippen LogP contribution in [-0.2, 0) is 9.59 Å². The zero-order chi connectivity index (χ0) is 8.36. The first kappa shape index (κ1) is 10.1. The summed E-state index contributed by atoms with van der Waals surface area (Å²) in [6.45, 7) is 0. The summed E-state index contributed by atoms with van der Waals surface area (Å²) in [4.78, 5) is 19.7. The molecule has 0 saturated heterocycles. The molecule has 11 heavy (non-hydrogen) atoms. The smallest absolute Gasteiger partial charge is 0.123 e. The van der Waals surface area contributed by atoms with Gasteiger partial charge < -0.3 is 9.59 Å². The Labute approximate surface area is 67.3 Å². The topological polar surface area (TPSA) is 34.1 Å². The number of hydrogen-bond acceptors (Lipinski definition) is 2. The molecule has 0 aliphatic carbocycles. The first-order chi connectivity index (χ1) is 5.41. The van der Waals surface area contributed by atoms with Gasteiger partial charge in [0, 0.05) is 12.8 Å². The van der Waals surface area contributed by atoms with Crippen molar-refractivity contribution in [3.63, 3.8) is 0 Å². The van der Waals surface area contributed by atoms with Gasteiger partial charge in [0.05, 0.1) is 0 Å². The zero-order valence-corrected chi connectivity index (χ0v) is 6.66. The fraction of sp³-hybridized carbons (Fsp3) is 0.556. The SMILES string of the molecule is O=CCC=CCCCCC=O. The molecule has 0 aliphatic heterocycles. The summed E-state index contributed by atoms with van der Waals surface area (Å²) >= 11 is 0. The lowest BCUT2D eigenvalue weighted by atomic mass is 10.2. The molecule has 0 amide bonds. The number of hydrogen-bond donors (Lipinski definition) is 0. The fourth-order valence-electron chi connectivity index (χ4n) is 0.759. The molecule has 2 nitrogen and oxygen atoms in total. The molecule has 0 N–H and O–H groups in total. The van der Waals surface area contributed by atoms with Crippen molar-refractivity contribution in [2.45, 2.75) is 32.1 Å². The summed E-state index contributed by atoms with van der Waals surface area (Å²) in [7, 11) is 0. The van der Waals surface area contributed by atoms with Crippen LogP contribution in [0.3, 0.4) is 0 Å². The van der Waals surface area contributed by atoms with Crippen LogP contribution in [0.1, 0.15) is 32.1 Å². The fourth-order valence-corrected chi connectivity index (χ4v) is 0.759. The predicted octanol–water partition coefficient (Wildman–Crippen LogP) is 1.89. The molecule has 0 aromatic heterocycles. The summed E-state index contributed by atoms with van der Waals surface area (Å²) in [5.74, 6) is 0. The molecule has 0 atom stereocenters. The highest BCUT2D eigenvalue weighted by molar-refractivity contribution is 5.51. The van der Waals surface area contributed by atoms with Crippen LogP contribution in [0.2, 0.25) is 0 Å². The van der Waals surface area contributed by atoms with Crippen LogP contribution < -0.4 is 0 Å². The molecule has 0 saturated carbocycles. The van der Waals surface area contributed by atoms with Gasteiger partial charge in [-0.3, -0.25) is 0 Å². The molecule has 0 aliphatic rings. The minimum absolute atomic E-state index is 0.508. The summed E-state index contributed by atoms with van der Waals surface area (Å²) in [6, 6.07) is 0. The number of aldehydes is 2. The van der Waals surface area contributed by atoms with Crippen LogP contribution in [0.15, 0.2) is 12.2 Å². The number of rotatable bonds is 7. The third-order valence-electron chi connectivity index (χ3n) is 1.34. The minimum atomic E-state index is 0.508. The third kappa shape index (κ3) is 9.08. The molecule has 0 spiro atoms. The van der Waals surface area contributed by atoms with Gasteiger partial charge in [0.1, 0.15) is 12.6 Å². The Morgan fingerprint density at radius 2 is 1.55 bits per heavy atom. The van der Waals surface area contributed by atoms with E-state index in [1.807, 2.05) is 12.2 Å². The molecule has 0 heterocycles. The Bertz CT molecular complexity index is 128. The molecule has 2 heteroatoms. The van der Waals surface area contributed by atoms with Crippen molar-refractivity contribution in [1.29, 1.82) is 0 Å². The first-order valence-electron chi connectivity index (χ1n) is 3.94. The van der Waals surface area contributed by atoms with Crippen LogP contribution in [0.4, 0.5) is 0 Å². The quantitative estimate of drug-likeness (QED) is 0.319. The van der Waals surface area contributed by atoms with Gasteiger partial charge in [-0.1, -0.05) is 12.2 Å². The monoisotopic (exact) mass is 154 g/mol. The predicted molar refractivity (Wildman–Crippen MR) is 44.4 cm³/mol. The highest BCUT2D eigenvalue weighted by atomic mass is 16.1. The number of unbranched alkanes of at least 4 members (excludes halogenated alkanes) is 3. The van der Waals surface area contributed by atoms with E-state index in [0.717, 1.165) is 31.8 Å². The van der Waals surface area contributed by atoms with Gasteiger partial charge in [-0.05, 0) is 19.3 Å². The second-order valence-electron chi connectivity index (χ2n) is 2.32. The molecule has 0 aromatic rings. The maximum Gasteiger partial charge on any atom is 0.123 e. The lowest BCUT2D eigenvalue weighted by Crippen LogP contribution is -1.76. The molecular formula is C9H14O2. The largest absolute Gasteiger partial charge is 0.303 e. The van der Waals surface area contributed by atoms with E-state index >= 15 is 0 Å². The van der Waals surface area contributed by atoms with Crippen molar-refractivity contribution in [3.05, 3.63) is 12.2 Å². The number of carbonyl (C=O) groups excluding carboxylic acids is 2. The maximum absolute atomic E-state index is 9.88. The molecule has 0 rings (SSSR count). The zero-order valence-electron chi connectivity index (χ0n) is 6.66. The standard InChI is InChI=1S/C9H14O2/c10-8-6-4-2-1-3-5-7-9-11/h2,4,8-9H,1,3,5-7H2. The highest BCUT2D eigenvalue weighted by Gasteiger charge is 1.83. The van der Waals surface area contributed by atoms with Crippen LogP contribution >= 0.6 is 0 Å². The average Bonchev–Trinajstić information content (AvgIpc) is 2.03. The van der Waals surface area contributed by atoms with E-state index in [0.29, 0.717) is 12.8 Å². The lowest BCUT2D eigenvalue weighted by Gasteiger charge is -1.89. The summed E-state index contributed by atoms with van der Waals surface area (Å²) in [5.41, 5.74) is 0. The number of carbonyl (C=O) groups is 2. The van der Waals surface area contributed by atoms with Crippen LogP contribution in [0.5, 0.6) is 0 Å². The van der Waals surface area contributed by atoms with E-state index in [1.165, 1.54) is 0 Å². The van der Waals surface area contributed by atoms with Crippen molar-refractivity contribution in [2.24, 2.45) is 0 Å². The van der Waals surface area contributed by atoms with Crippen LogP contribution in [-0.4, -0.2) is 12.6 Å². The van der Waals surface area contributed by atoms with Gasteiger partial charge in [0.25, 0.3) is 0 Å². The molecule has 0 fully saturated rings. The van der Waals surface area contributed by atoms with E-state index in [1.54, 1.807) is 0 Å². The minimum Gasteiger partial charge on any atom is -0.303 e. The van der Waals surface area contributed by atoms with Crippen molar-refractivity contribution < 1.29 is 9.59 Å². The maximum atomic E-state index is 9.88. The van der Waals surface area contributed by atoms with E-state index in [4.69, 9.17) is 0 Å². The first-order valence-corrected chi connectivity index (χ1v) is 3.94. The van der Waals surface area contributed by atoms with Crippen molar-refractivity contribution in [1.82, 2.24) is 0 Å². The Hall–Kier alpha value is -0.920.